The molecular weight excluding hydrogens is 304 g/mol. The van der Waals surface area contributed by atoms with Gasteiger partial charge in [-0.05, 0) is 42.9 Å². The van der Waals surface area contributed by atoms with Crippen molar-refractivity contribution in [2.24, 2.45) is 11.7 Å². The van der Waals surface area contributed by atoms with Crippen LogP contribution >= 0.6 is 0 Å². The summed E-state index contributed by atoms with van der Waals surface area (Å²) in [5.41, 5.74) is 6.45. The van der Waals surface area contributed by atoms with E-state index in [2.05, 4.69) is 19.2 Å². The Hall–Kier alpha value is -1.75. The van der Waals surface area contributed by atoms with Crippen LogP contribution in [0.5, 0.6) is 11.5 Å². The average Bonchev–Trinajstić information content (AvgIpc) is 3.01. The van der Waals surface area contributed by atoms with E-state index >= 15 is 0 Å². The lowest BCUT2D eigenvalue weighted by Gasteiger charge is -2.22. The molecule has 0 aliphatic heterocycles. The van der Waals surface area contributed by atoms with Crippen LogP contribution < -0.4 is 20.5 Å². The number of methoxy groups -OCH3 is 1. The van der Waals surface area contributed by atoms with Crippen LogP contribution in [0.2, 0.25) is 0 Å². The molecule has 2 rings (SSSR count). The first-order valence-corrected chi connectivity index (χ1v) is 8.81. The molecule has 1 amide bonds. The quantitative estimate of drug-likeness (QED) is 0.766. The Balaban J connectivity index is 1.92. The maximum atomic E-state index is 12.3. The van der Waals surface area contributed by atoms with Gasteiger partial charge >= 0.3 is 0 Å². The maximum Gasteiger partial charge on any atom is 0.240 e. The third-order valence-corrected chi connectivity index (χ3v) is 4.58. The number of carbonyl (C=O) groups is 1. The molecule has 0 unspecified atom stereocenters. The number of nitrogens with two attached hydrogens (primary N) is 1. The van der Waals surface area contributed by atoms with Crippen molar-refractivity contribution in [3.05, 3.63) is 23.8 Å². The number of benzene rings is 1. The second-order valence-electron chi connectivity index (χ2n) is 7.06. The van der Waals surface area contributed by atoms with Crippen LogP contribution in [0.4, 0.5) is 0 Å². The summed E-state index contributed by atoms with van der Waals surface area (Å²) < 4.78 is 11.2. The van der Waals surface area contributed by atoms with Crippen molar-refractivity contribution in [1.82, 2.24) is 5.32 Å². The standard InChI is InChI=1S/C19H30N2O3/c1-14(2)8-11-24-16-7-6-15(12-17(16)23-3)13-21-18(22)19(20)9-4-5-10-19/h6-7,12,14H,4-5,8-11,13,20H2,1-3H3,(H,21,22). The van der Waals surface area contributed by atoms with Gasteiger partial charge in [0.05, 0.1) is 19.3 Å². The van der Waals surface area contributed by atoms with E-state index < -0.39 is 5.54 Å². The normalized spacial score (nSPS) is 16.2. The summed E-state index contributed by atoms with van der Waals surface area (Å²) in [5.74, 6) is 1.97. The number of ether oxygens (including phenoxy) is 2. The Morgan fingerprint density at radius 2 is 2.00 bits per heavy atom. The van der Waals surface area contributed by atoms with Crippen molar-refractivity contribution >= 4 is 5.91 Å². The van der Waals surface area contributed by atoms with Crippen LogP contribution in [0.3, 0.4) is 0 Å². The molecule has 0 atom stereocenters. The summed E-state index contributed by atoms with van der Waals surface area (Å²) in [6, 6.07) is 5.75. The zero-order valence-corrected chi connectivity index (χ0v) is 15.1. The molecule has 1 fully saturated rings. The van der Waals surface area contributed by atoms with Crippen LogP contribution in [0.15, 0.2) is 18.2 Å². The van der Waals surface area contributed by atoms with E-state index in [4.69, 9.17) is 15.2 Å². The molecule has 1 aromatic carbocycles. The molecule has 134 valence electrons. The van der Waals surface area contributed by atoms with Gasteiger partial charge in [0, 0.05) is 6.54 Å². The Bertz CT molecular complexity index is 552. The first-order valence-electron chi connectivity index (χ1n) is 8.81. The van der Waals surface area contributed by atoms with Gasteiger partial charge in [0.25, 0.3) is 0 Å². The molecule has 1 saturated carbocycles. The molecule has 0 spiro atoms. The largest absolute Gasteiger partial charge is 0.493 e. The molecule has 0 saturated heterocycles. The molecule has 1 aromatic rings. The van der Waals surface area contributed by atoms with E-state index in [1.165, 1.54) is 0 Å². The van der Waals surface area contributed by atoms with Gasteiger partial charge in [0.2, 0.25) is 5.91 Å². The fourth-order valence-corrected chi connectivity index (χ4v) is 2.94. The molecule has 24 heavy (non-hydrogen) atoms. The van der Waals surface area contributed by atoms with Gasteiger partial charge in [0.15, 0.2) is 11.5 Å². The summed E-state index contributed by atoms with van der Waals surface area (Å²) in [6.07, 6.45) is 4.59. The maximum absolute atomic E-state index is 12.3. The first-order chi connectivity index (χ1) is 11.4. The summed E-state index contributed by atoms with van der Waals surface area (Å²) in [5, 5.41) is 2.95. The van der Waals surface area contributed by atoms with E-state index in [9.17, 15) is 4.79 Å². The first kappa shape index (κ1) is 18.6. The van der Waals surface area contributed by atoms with Crippen molar-refractivity contribution < 1.29 is 14.3 Å². The number of rotatable bonds is 8. The second kappa shape index (κ2) is 8.38. The lowest BCUT2D eigenvalue weighted by atomic mass is 9.98. The van der Waals surface area contributed by atoms with E-state index in [1.807, 2.05) is 18.2 Å². The molecule has 0 heterocycles. The zero-order valence-electron chi connectivity index (χ0n) is 15.1. The third kappa shape index (κ3) is 4.87. The van der Waals surface area contributed by atoms with Crippen molar-refractivity contribution in [3.63, 3.8) is 0 Å². The lowest BCUT2D eigenvalue weighted by Crippen LogP contribution is -2.51. The molecule has 0 aromatic heterocycles. The van der Waals surface area contributed by atoms with Crippen molar-refractivity contribution in [2.75, 3.05) is 13.7 Å². The molecule has 1 aliphatic rings. The van der Waals surface area contributed by atoms with Crippen molar-refractivity contribution in [1.29, 1.82) is 0 Å². The predicted molar refractivity (Wildman–Crippen MR) is 95.2 cm³/mol. The van der Waals surface area contributed by atoms with Crippen LogP contribution in [-0.2, 0) is 11.3 Å². The SMILES string of the molecule is COc1cc(CNC(=O)C2(N)CCCC2)ccc1OCCC(C)C. The second-order valence-corrected chi connectivity index (χ2v) is 7.06. The van der Waals surface area contributed by atoms with E-state index in [-0.39, 0.29) is 5.91 Å². The molecular formula is C19H30N2O3. The number of hydrogen-bond acceptors (Lipinski definition) is 4. The molecule has 0 bridgehead atoms. The van der Waals surface area contributed by atoms with Gasteiger partial charge in [-0.25, -0.2) is 0 Å². The minimum absolute atomic E-state index is 0.0590. The van der Waals surface area contributed by atoms with Crippen LogP contribution in [0.1, 0.15) is 51.5 Å². The van der Waals surface area contributed by atoms with Gasteiger partial charge < -0.3 is 20.5 Å². The number of amides is 1. The zero-order chi connectivity index (χ0) is 17.6. The fraction of sp³-hybridized carbons (Fsp3) is 0.632. The lowest BCUT2D eigenvalue weighted by molar-refractivity contribution is -0.126. The molecule has 3 N–H and O–H groups in total. The van der Waals surface area contributed by atoms with Gasteiger partial charge in [-0.15, -0.1) is 0 Å². The summed E-state index contributed by atoms with van der Waals surface area (Å²) in [6.45, 7) is 5.45. The van der Waals surface area contributed by atoms with Gasteiger partial charge in [-0.3, -0.25) is 4.79 Å². The monoisotopic (exact) mass is 334 g/mol. The number of hydrogen-bond donors (Lipinski definition) is 2. The van der Waals surface area contributed by atoms with Gasteiger partial charge in [-0.2, -0.15) is 0 Å². The summed E-state index contributed by atoms with van der Waals surface area (Å²) >= 11 is 0. The Labute approximate surface area is 144 Å². The topological polar surface area (TPSA) is 73.6 Å². The van der Waals surface area contributed by atoms with E-state index in [0.717, 1.165) is 43.4 Å². The number of carbonyl (C=O) groups excluding carboxylic acids is 1. The fourth-order valence-electron chi connectivity index (χ4n) is 2.94. The van der Waals surface area contributed by atoms with Crippen molar-refractivity contribution in [2.45, 2.75) is 58.0 Å². The highest BCUT2D eigenvalue weighted by molar-refractivity contribution is 5.86. The van der Waals surface area contributed by atoms with E-state index in [0.29, 0.717) is 24.8 Å². The van der Waals surface area contributed by atoms with Crippen molar-refractivity contribution in [3.8, 4) is 11.5 Å². The average molecular weight is 334 g/mol. The Morgan fingerprint density at radius 1 is 1.29 bits per heavy atom. The molecule has 5 heteroatoms. The predicted octanol–water partition coefficient (Wildman–Crippen LogP) is 3.01. The number of nitrogens with one attached hydrogen (secondary N) is 1. The van der Waals surface area contributed by atoms with Crippen LogP contribution in [0, 0.1) is 5.92 Å². The molecule has 1 aliphatic carbocycles. The van der Waals surface area contributed by atoms with E-state index in [1.54, 1.807) is 7.11 Å². The highest BCUT2D eigenvalue weighted by Gasteiger charge is 2.36. The Morgan fingerprint density at radius 3 is 2.62 bits per heavy atom. The minimum Gasteiger partial charge on any atom is -0.493 e. The van der Waals surface area contributed by atoms with Gasteiger partial charge in [-0.1, -0.05) is 32.8 Å². The third-order valence-electron chi connectivity index (χ3n) is 4.58. The van der Waals surface area contributed by atoms with Crippen LogP contribution in [0.25, 0.3) is 0 Å². The molecule has 5 nitrogen and oxygen atoms in total. The van der Waals surface area contributed by atoms with Gasteiger partial charge in [0.1, 0.15) is 0 Å². The summed E-state index contributed by atoms with van der Waals surface area (Å²) in [4.78, 5) is 12.3. The highest BCUT2D eigenvalue weighted by atomic mass is 16.5. The highest BCUT2D eigenvalue weighted by Crippen LogP contribution is 2.29. The molecule has 0 radical (unpaired) electrons. The van der Waals surface area contributed by atoms with Crippen LogP contribution in [-0.4, -0.2) is 25.2 Å². The summed E-state index contributed by atoms with van der Waals surface area (Å²) in [7, 11) is 1.63. The minimum atomic E-state index is -0.690. The Kier molecular flexibility index (Phi) is 6.49. The smallest absolute Gasteiger partial charge is 0.240 e.